The molecular formula is C16H17BrN2O. The minimum absolute atomic E-state index is 0.224. The van der Waals surface area contributed by atoms with Gasteiger partial charge in [0.1, 0.15) is 6.04 Å². The maximum absolute atomic E-state index is 12.2. The molecule has 0 saturated heterocycles. The number of nitrogens with two attached hydrogens (primary N) is 1. The predicted octanol–water partition coefficient (Wildman–Crippen LogP) is 3.70. The maximum Gasteiger partial charge on any atom is 0.245 e. The van der Waals surface area contributed by atoms with Crippen molar-refractivity contribution >= 4 is 27.5 Å². The first-order valence-corrected chi connectivity index (χ1v) is 7.16. The highest BCUT2D eigenvalue weighted by Crippen LogP contribution is 2.24. The molecule has 104 valence electrons. The number of hydrogen-bond acceptors (Lipinski definition) is 2. The molecule has 0 aliphatic carbocycles. The van der Waals surface area contributed by atoms with Gasteiger partial charge in [0.25, 0.3) is 0 Å². The molecule has 0 aliphatic rings. The van der Waals surface area contributed by atoms with Crippen LogP contribution < -0.4 is 11.1 Å². The summed E-state index contributed by atoms with van der Waals surface area (Å²) in [7, 11) is 0. The van der Waals surface area contributed by atoms with Gasteiger partial charge >= 0.3 is 0 Å². The molecule has 2 aromatic carbocycles. The Labute approximate surface area is 127 Å². The van der Waals surface area contributed by atoms with Gasteiger partial charge in [-0.15, -0.1) is 0 Å². The lowest BCUT2D eigenvalue weighted by molar-refractivity contribution is -0.117. The van der Waals surface area contributed by atoms with Crippen LogP contribution in [-0.4, -0.2) is 5.91 Å². The second kappa shape index (κ2) is 6.20. The summed E-state index contributed by atoms with van der Waals surface area (Å²) in [5.74, 6) is -0.224. The van der Waals surface area contributed by atoms with E-state index in [0.717, 1.165) is 26.9 Å². The fraction of sp³-hybridized carbons (Fsp3) is 0.188. The topological polar surface area (TPSA) is 55.1 Å². The van der Waals surface area contributed by atoms with Crippen LogP contribution in [0.5, 0.6) is 0 Å². The van der Waals surface area contributed by atoms with Crippen LogP contribution in [0.1, 0.15) is 22.7 Å². The first-order valence-electron chi connectivity index (χ1n) is 6.36. The summed E-state index contributed by atoms with van der Waals surface area (Å²) in [5, 5.41) is 2.84. The zero-order valence-corrected chi connectivity index (χ0v) is 13.1. The van der Waals surface area contributed by atoms with Gasteiger partial charge in [-0.3, -0.25) is 4.79 Å². The maximum atomic E-state index is 12.2. The van der Waals surface area contributed by atoms with Gasteiger partial charge < -0.3 is 11.1 Å². The lowest BCUT2D eigenvalue weighted by Gasteiger charge is -2.14. The number of rotatable bonds is 3. The number of amides is 1. The SMILES string of the molecule is Cc1ccc(C(N)C(=O)Nc2ccc(C)cc2Br)cc1. The molecular weight excluding hydrogens is 316 g/mol. The molecule has 3 nitrogen and oxygen atoms in total. The Hall–Kier alpha value is -1.65. The van der Waals surface area contributed by atoms with Crippen LogP contribution in [-0.2, 0) is 4.79 Å². The average molecular weight is 333 g/mol. The summed E-state index contributed by atoms with van der Waals surface area (Å²) in [6.45, 7) is 3.99. The van der Waals surface area contributed by atoms with Crippen molar-refractivity contribution in [3.05, 3.63) is 63.6 Å². The number of halogens is 1. The van der Waals surface area contributed by atoms with E-state index in [2.05, 4.69) is 21.2 Å². The average Bonchev–Trinajstić information content (AvgIpc) is 2.42. The Bertz CT molecular complexity index is 623. The summed E-state index contributed by atoms with van der Waals surface area (Å²) in [4.78, 5) is 12.2. The van der Waals surface area contributed by atoms with Gasteiger partial charge in [-0.25, -0.2) is 0 Å². The van der Waals surface area contributed by atoms with E-state index in [0.29, 0.717) is 0 Å². The van der Waals surface area contributed by atoms with Crippen molar-refractivity contribution in [1.82, 2.24) is 0 Å². The molecule has 0 aromatic heterocycles. The van der Waals surface area contributed by atoms with Gasteiger partial charge in [0.05, 0.1) is 5.69 Å². The van der Waals surface area contributed by atoms with Crippen molar-refractivity contribution in [3.8, 4) is 0 Å². The summed E-state index contributed by atoms with van der Waals surface area (Å²) >= 11 is 3.43. The lowest BCUT2D eigenvalue weighted by Crippen LogP contribution is -2.27. The molecule has 2 aromatic rings. The zero-order chi connectivity index (χ0) is 14.7. The Morgan fingerprint density at radius 1 is 1.10 bits per heavy atom. The van der Waals surface area contributed by atoms with Crippen molar-refractivity contribution in [2.24, 2.45) is 5.73 Å². The first kappa shape index (κ1) is 14.8. The van der Waals surface area contributed by atoms with Crippen LogP contribution in [0.3, 0.4) is 0 Å². The third-order valence-electron chi connectivity index (χ3n) is 3.10. The Kier molecular flexibility index (Phi) is 4.57. The van der Waals surface area contributed by atoms with E-state index in [1.807, 2.05) is 56.3 Å². The van der Waals surface area contributed by atoms with Crippen LogP contribution in [0, 0.1) is 13.8 Å². The van der Waals surface area contributed by atoms with Crippen LogP contribution in [0.2, 0.25) is 0 Å². The minimum Gasteiger partial charge on any atom is -0.323 e. The van der Waals surface area contributed by atoms with Gasteiger partial charge in [-0.1, -0.05) is 35.9 Å². The highest BCUT2D eigenvalue weighted by molar-refractivity contribution is 9.10. The van der Waals surface area contributed by atoms with E-state index in [1.54, 1.807) is 0 Å². The molecule has 20 heavy (non-hydrogen) atoms. The molecule has 1 amide bonds. The quantitative estimate of drug-likeness (QED) is 0.900. The molecule has 2 rings (SSSR count). The van der Waals surface area contributed by atoms with Gasteiger partial charge in [0.2, 0.25) is 5.91 Å². The molecule has 0 fully saturated rings. The highest BCUT2D eigenvalue weighted by atomic mass is 79.9. The zero-order valence-electron chi connectivity index (χ0n) is 11.5. The number of anilines is 1. The number of aryl methyl sites for hydroxylation is 2. The van der Waals surface area contributed by atoms with E-state index in [-0.39, 0.29) is 5.91 Å². The Balaban J connectivity index is 2.13. The van der Waals surface area contributed by atoms with Crippen molar-refractivity contribution in [3.63, 3.8) is 0 Å². The molecule has 0 saturated carbocycles. The van der Waals surface area contributed by atoms with Crippen LogP contribution >= 0.6 is 15.9 Å². The second-order valence-corrected chi connectivity index (χ2v) is 5.72. The molecule has 0 aliphatic heterocycles. The molecule has 1 unspecified atom stereocenters. The van der Waals surface area contributed by atoms with Crippen molar-refractivity contribution < 1.29 is 4.79 Å². The Morgan fingerprint density at radius 3 is 2.30 bits per heavy atom. The van der Waals surface area contributed by atoms with E-state index >= 15 is 0 Å². The monoisotopic (exact) mass is 332 g/mol. The predicted molar refractivity (Wildman–Crippen MR) is 85.6 cm³/mol. The third-order valence-corrected chi connectivity index (χ3v) is 3.76. The third kappa shape index (κ3) is 3.46. The van der Waals surface area contributed by atoms with Crippen LogP contribution in [0.4, 0.5) is 5.69 Å². The normalized spacial score (nSPS) is 12.0. The highest BCUT2D eigenvalue weighted by Gasteiger charge is 2.16. The minimum atomic E-state index is -0.677. The lowest BCUT2D eigenvalue weighted by atomic mass is 10.1. The number of carbonyl (C=O) groups is 1. The van der Waals surface area contributed by atoms with Gasteiger partial charge in [0.15, 0.2) is 0 Å². The smallest absolute Gasteiger partial charge is 0.245 e. The molecule has 0 heterocycles. The Morgan fingerprint density at radius 2 is 1.70 bits per heavy atom. The van der Waals surface area contributed by atoms with Gasteiger partial charge in [-0.05, 0) is 53.0 Å². The van der Waals surface area contributed by atoms with Crippen molar-refractivity contribution in [2.45, 2.75) is 19.9 Å². The number of benzene rings is 2. The molecule has 3 N–H and O–H groups in total. The van der Waals surface area contributed by atoms with Crippen molar-refractivity contribution in [1.29, 1.82) is 0 Å². The number of hydrogen-bond donors (Lipinski definition) is 2. The van der Waals surface area contributed by atoms with E-state index < -0.39 is 6.04 Å². The molecule has 4 heteroatoms. The van der Waals surface area contributed by atoms with Gasteiger partial charge in [0, 0.05) is 4.47 Å². The molecule has 0 radical (unpaired) electrons. The van der Waals surface area contributed by atoms with Crippen LogP contribution in [0.25, 0.3) is 0 Å². The van der Waals surface area contributed by atoms with Gasteiger partial charge in [-0.2, -0.15) is 0 Å². The second-order valence-electron chi connectivity index (χ2n) is 4.86. The molecule has 0 bridgehead atoms. The summed E-state index contributed by atoms with van der Waals surface area (Å²) in [6.07, 6.45) is 0. The van der Waals surface area contributed by atoms with E-state index in [9.17, 15) is 4.79 Å². The molecule has 1 atom stereocenters. The summed E-state index contributed by atoms with van der Waals surface area (Å²) < 4.78 is 0.849. The van der Waals surface area contributed by atoms with E-state index in [4.69, 9.17) is 5.73 Å². The first-order chi connectivity index (χ1) is 9.47. The fourth-order valence-electron chi connectivity index (χ4n) is 1.86. The largest absolute Gasteiger partial charge is 0.323 e. The summed E-state index contributed by atoms with van der Waals surface area (Å²) in [6, 6.07) is 12.7. The standard InChI is InChI=1S/C16H17BrN2O/c1-10-3-6-12(7-4-10)15(18)16(20)19-14-8-5-11(2)9-13(14)17/h3-9,15H,18H2,1-2H3,(H,19,20). The fourth-order valence-corrected chi connectivity index (χ4v) is 2.45. The van der Waals surface area contributed by atoms with Crippen molar-refractivity contribution in [2.75, 3.05) is 5.32 Å². The molecule has 0 spiro atoms. The van der Waals surface area contributed by atoms with E-state index in [1.165, 1.54) is 0 Å². The summed E-state index contributed by atoms with van der Waals surface area (Å²) in [5.41, 5.74) is 9.78. The number of nitrogens with one attached hydrogen (secondary N) is 1. The number of carbonyl (C=O) groups excluding carboxylic acids is 1. The van der Waals surface area contributed by atoms with Crippen LogP contribution in [0.15, 0.2) is 46.9 Å².